The fourth-order valence-corrected chi connectivity index (χ4v) is 1.78. The second-order valence-corrected chi connectivity index (χ2v) is 4.26. The summed E-state index contributed by atoms with van der Waals surface area (Å²) in [5.74, 6) is -0.968. The molecular formula is C15H14N2O2. The Labute approximate surface area is 111 Å². The Hall–Kier alpha value is -2.49. The molecule has 1 N–H and O–H groups in total. The minimum absolute atomic E-state index is 0.744. The van der Waals surface area contributed by atoms with Crippen LogP contribution in [0.3, 0.4) is 0 Å². The van der Waals surface area contributed by atoms with E-state index >= 15 is 0 Å². The van der Waals surface area contributed by atoms with Crippen molar-refractivity contribution in [3.8, 4) is 11.4 Å². The van der Waals surface area contributed by atoms with Crippen LogP contribution in [-0.2, 0) is 4.79 Å². The number of hydrogen-bond acceptors (Lipinski definition) is 3. The third-order valence-corrected chi connectivity index (χ3v) is 2.54. The zero-order chi connectivity index (χ0) is 13.8. The van der Waals surface area contributed by atoms with Crippen LogP contribution in [0.5, 0.6) is 0 Å². The topological polar surface area (TPSA) is 63.1 Å². The van der Waals surface area contributed by atoms with E-state index in [2.05, 4.69) is 9.97 Å². The van der Waals surface area contributed by atoms with Gasteiger partial charge in [0, 0.05) is 17.5 Å². The van der Waals surface area contributed by atoms with E-state index in [1.807, 2.05) is 44.2 Å². The van der Waals surface area contributed by atoms with Gasteiger partial charge < -0.3 is 5.11 Å². The van der Waals surface area contributed by atoms with E-state index in [9.17, 15) is 4.79 Å². The molecule has 2 heterocycles. The minimum atomic E-state index is -0.968. The largest absolute Gasteiger partial charge is 0.478 e. The predicted octanol–water partition coefficient (Wildman–Crippen LogP) is 2.86. The van der Waals surface area contributed by atoms with E-state index in [0.717, 1.165) is 34.4 Å². The fraction of sp³-hybridized carbons (Fsp3) is 0.133. The van der Waals surface area contributed by atoms with Crippen molar-refractivity contribution < 1.29 is 9.90 Å². The van der Waals surface area contributed by atoms with Gasteiger partial charge in [0.05, 0.1) is 11.4 Å². The summed E-state index contributed by atoms with van der Waals surface area (Å²) in [6.45, 7) is 3.79. The average Bonchev–Trinajstić information content (AvgIpc) is 2.36. The summed E-state index contributed by atoms with van der Waals surface area (Å²) >= 11 is 0. The zero-order valence-electron chi connectivity index (χ0n) is 10.8. The number of nitrogens with zero attached hydrogens (tertiary/aromatic N) is 2. The normalized spacial score (nSPS) is 10.8. The van der Waals surface area contributed by atoms with Gasteiger partial charge in [0.15, 0.2) is 0 Å². The van der Waals surface area contributed by atoms with Crippen molar-refractivity contribution in [1.82, 2.24) is 9.97 Å². The number of aromatic nitrogens is 2. The van der Waals surface area contributed by atoms with Crippen LogP contribution in [0.1, 0.15) is 17.0 Å². The molecule has 96 valence electrons. The molecule has 0 unspecified atom stereocenters. The van der Waals surface area contributed by atoms with Gasteiger partial charge in [0.1, 0.15) is 0 Å². The molecule has 0 saturated carbocycles. The lowest BCUT2D eigenvalue weighted by Crippen LogP contribution is -1.93. The summed E-state index contributed by atoms with van der Waals surface area (Å²) in [6.07, 6.45) is 2.67. The Morgan fingerprint density at radius 1 is 1.11 bits per heavy atom. The first-order valence-corrected chi connectivity index (χ1v) is 5.88. The Morgan fingerprint density at radius 3 is 2.53 bits per heavy atom. The highest BCUT2D eigenvalue weighted by Crippen LogP contribution is 2.18. The summed E-state index contributed by atoms with van der Waals surface area (Å²) in [7, 11) is 0. The van der Waals surface area contributed by atoms with Gasteiger partial charge in [-0.15, -0.1) is 0 Å². The summed E-state index contributed by atoms with van der Waals surface area (Å²) in [5.41, 5.74) is 4.07. The second kappa shape index (κ2) is 5.44. The third kappa shape index (κ3) is 3.48. The summed E-state index contributed by atoms with van der Waals surface area (Å²) in [4.78, 5) is 19.4. The van der Waals surface area contributed by atoms with Gasteiger partial charge in [-0.05, 0) is 49.8 Å². The van der Waals surface area contributed by atoms with Crippen LogP contribution in [0.25, 0.3) is 17.5 Å². The predicted molar refractivity (Wildman–Crippen MR) is 73.6 cm³/mol. The van der Waals surface area contributed by atoms with Gasteiger partial charge in [-0.3, -0.25) is 9.97 Å². The standard InChI is InChI=1S/C15H14N2O2/c1-10-4-3-5-13(16-10)14-9-12(6-7-15(18)19)8-11(2)17-14/h3-9H,1-2H3,(H,18,19)/b7-6+. The first kappa shape index (κ1) is 13.0. The fourth-order valence-electron chi connectivity index (χ4n) is 1.78. The summed E-state index contributed by atoms with van der Waals surface area (Å²) < 4.78 is 0. The van der Waals surface area contributed by atoms with E-state index in [-0.39, 0.29) is 0 Å². The van der Waals surface area contributed by atoms with Gasteiger partial charge >= 0.3 is 5.97 Å². The average molecular weight is 254 g/mol. The van der Waals surface area contributed by atoms with Crippen molar-refractivity contribution in [2.45, 2.75) is 13.8 Å². The maximum atomic E-state index is 10.5. The van der Waals surface area contributed by atoms with Crippen LogP contribution >= 0.6 is 0 Å². The molecule has 0 amide bonds. The molecule has 0 fully saturated rings. The van der Waals surface area contributed by atoms with Crippen LogP contribution in [0, 0.1) is 13.8 Å². The molecular weight excluding hydrogens is 240 g/mol. The quantitative estimate of drug-likeness (QED) is 0.855. The Morgan fingerprint density at radius 2 is 1.84 bits per heavy atom. The molecule has 4 heteroatoms. The molecule has 0 saturated heterocycles. The molecule has 0 aliphatic rings. The monoisotopic (exact) mass is 254 g/mol. The van der Waals surface area contributed by atoms with E-state index in [1.54, 1.807) is 6.08 Å². The van der Waals surface area contributed by atoms with Gasteiger partial charge in [-0.1, -0.05) is 6.07 Å². The highest BCUT2D eigenvalue weighted by molar-refractivity contribution is 5.85. The highest BCUT2D eigenvalue weighted by Gasteiger charge is 2.03. The summed E-state index contributed by atoms with van der Waals surface area (Å²) in [5, 5.41) is 8.65. The van der Waals surface area contributed by atoms with E-state index in [1.165, 1.54) is 0 Å². The first-order valence-electron chi connectivity index (χ1n) is 5.88. The molecule has 0 aliphatic carbocycles. The van der Waals surface area contributed by atoms with Crippen LogP contribution < -0.4 is 0 Å². The Balaban J connectivity index is 2.44. The van der Waals surface area contributed by atoms with Crippen molar-refractivity contribution in [3.63, 3.8) is 0 Å². The molecule has 2 aromatic heterocycles. The van der Waals surface area contributed by atoms with Crippen molar-refractivity contribution in [3.05, 3.63) is 53.4 Å². The van der Waals surface area contributed by atoms with Gasteiger partial charge in [-0.25, -0.2) is 4.79 Å². The van der Waals surface area contributed by atoms with Crippen molar-refractivity contribution in [1.29, 1.82) is 0 Å². The molecule has 0 spiro atoms. The number of pyridine rings is 2. The number of hydrogen-bond donors (Lipinski definition) is 1. The number of carboxylic acid groups (broad SMARTS) is 1. The van der Waals surface area contributed by atoms with Crippen molar-refractivity contribution in [2.24, 2.45) is 0 Å². The smallest absolute Gasteiger partial charge is 0.328 e. The summed E-state index contributed by atoms with van der Waals surface area (Å²) in [6, 6.07) is 9.39. The van der Waals surface area contributed by atoms with Crippen molar-refractivity contribution in [2.75, 3.05) is 0 Å². The molecule has 4 nitrogen and oxygen atoms in total. The lowest BCUT2D eigenvalue weighted by atomic mass is 10.1. The Kier molecular flexibility index (Phi) is 3.71. The van der Waals surface area contributed by atoms with Crippen LogP contribution in [0.2, 0.25) is 0 Å². The first-order chi connectivity index (χ1) is 9.04. The SMILES string of the molecule is Cc1cccc(-c2cc(/C=C/C(=O)O)cc(C)n2)n1. The lowest BCUT2D eigenvalue weighted by molar-refractivity contribution is -0.131. The van der Waals surface area contributed by atoms with Crippen LogP contribution in [-0.4, -0.2) is 21.0 Å². The maximum Gasteiger partial charge on any atom is 0.328 e. The molecule has 0 aromatic carbocycles. The molecule has 2 aromatic rings. The number of carbonyl (C=O) groups is 1. The van der Waals surface area contributed by atoms with Gasteiger partial charge in [0.2, 0.25) is 0 Å². The molecule has 2 rings (SSSR count). The molecule has 19 heavy (non-hydrogen) atoms. The highest BCUT2D eigenvalue weighted by atomic mass is 16.4. The zero-order valence-corrected chi connectivity index (χ0v) is 10.8. The molecule has 0 atom stereocenters. The number of carboxylic acids is 1. The minimum Gasteiger partial charge on any atom is -0.478 e. The maximum absolute atomic E-state index is 10.5. The van der Waals surface area contributed by atoms with Crippen LogP contribution in [0.4, 0.5) is 0 Å². The van der Waals surface area contributed by atoms with E-state index < -0.39 is 5.97 Å². The second-order valence-electron chi connectivity index (χ2n) is 4.26. The number of aliphatic carboxylic acids is 1. The van der Waals surface area contributed by atoms with Gasteiger partial charge in [-0.2, -0.15) is 0 Å². The van der Waals surface area contributed by atoms with Gasteiger partial charge in [0.25, 0.3) is 0 Å². The molecule has 0 bridgehead atoms. The molecule has 0 aliphatic heterocycles. The van der Waals surface area contributed by atoms with Crippen molar-refractivity contribution >= 4 is 12.0 Å². The number of rotatable bonds is 3. The lowest BCUT2D eigenvalue weighted by Gasteiger charge is -2.04. The molecule has 0 radical (unpaired) electrons. The Bertz CT molecular complexity index is 648. The van der Waals surface area contributed by atoms with E-state index in [0.29, 0.717) is 0 Å². The van der Waals surface area contributed by atoms with E-state index in [4.69, 9.17) is 5.11 Å². The van der Waals surface area contributed by atoms with Crippen LogP contribution in [0.15, 0.2) is 36.4 Å². The number of aryl methyl sites for hydroxylation is 2. The third-order valence-electron chi connectivity index (χ3n) is 2.54.